The zero-order valence-corrected chi connectivity index (χ0v) is 10.1. The van der Waals surface area contributed by atoms with Crippen LogP contribution in [0.15, 0.2) is 28.8 Å². The molecule has 0 aromatic heterocycles. The first-order valence-electron chi connectivity index (χ1n) is 4.74. The number of hydrogen-bond donors (Lipinski definition) is 2. The highest BCUT2D eigenvalue weighted by Gasteiger charge is 2.04. The van der Waals surface area contributed by atoms with Crippen molar-refractivity contribution in [1.82, 2.24) is 0 Å². The number of nitrogen functional groups attached to an aromatic ring is 1. The van der Waals surface area contributed by atoms with Gasteiger partial charge in [0.15, 0.2) is 0 Å². The van der Waals surface area contributed by atoms with Crippen molar-refractivity contribution < 1.29 is 4.39 Å². The molecule has 0 aliphatic rings. The van der Waals surface area contributed by atoms with E-state index in [0.717, 1.165) is 13.0 Å². The van der Waals surface area contributed by atoms with Gasteiger partial charge in [0, 0.05) is 12.6 Å². The zero-order valence-electron chi connectivity index (χ0n) is 8.56. The number of hydrogen-bond acceptors (Lipinski definition) is 2. The summed E-state index contributed by atoms with van der Waals surface area (Å²) in [5.41, 5.74) is 6.91. The fourth-order valence-corrected chi connectivity index (χ4v) is 1.53. The molecule has 0 saturated heterocycles. The van der Waals surface area contributed by atoms with E-state index in [-0.39, 0.29) is 5.82 Å². The molecular formula is C11H14BrFN2. The van der Waals surface area contributed by atoms with E-state index >= 15 is 0 Å². The van der Waals surface area contributed by atoms with E-state index in [2.05, 4.69) is 21.2 Å². The van der Waals surface area contributed by atoms with Crippen molar-refractivity contribution in [2.45, 2.75) is 13.3 Å². The summed E-state index contributed by atoms with van der Waals surface area (Å²) in [6.07, 6.45) is 4.92. The van der Waals surface area contributed by atoms with Crippen LogP contribution in [0.25, 0.3) is 0 Å². The Hall–Kier alpha value is -1.03. The first-order valence-corrected chi connectivity index (χ1v) is 5.54. The van der Waals surface area contributed by atoms with Gasteiger partial charge in [0.1, 0.15) is 5.82 Å². The van der Waals surface area contributed by atoms with Gasteiger partial charge >= 0.3 is 0 Å². The van der Waals surface area contributed by atoms with Crippen molar-refractivity contribution in [3.63, 3.8) is 0 Å². The minimum absolute atomic E-state index is 0.308. The molecule has 15 heavy (non-hydrogen) atoms. The molecule has 0 fully saturated rings. The molecule has 1 aromatic carbocycles. The Morgan fingerprint density at radius 1 is 1.53 bits per heavy atom. The molecule has 82 valence electrons. The third-order valence-electron chi connectivity index (χ3n) is 1.95. The SMILES string of the molecule is C/C=C/CCNc1cc(F)c(Br)cc1N. The largest absolute Gasteiger partial charge is 0.397 e. The minimum Gasteiger partial charge on any atom is -0.397 e. The molecule has 0 saturated carbocycles. The fourth-order valence-electron chi connectivity index (χ4n) is 1.17. The Bertz CT molecular complexity index is 364. The monoisotopic (exact) mass is 272 g/mol. The Balaban J connectivity index is 2.65. The molecule has 4 heteroatoms. The van der Waals surface area contributed by atoms with Crippen LogP contribution in [0, 0.1) is 5.82 Å². The molecule has 0 heterocycles. The van der Waals surface area contributed by atoms with Crippen LogP contribution in [0.2, 0.25) is 0 Å². The van der Waals surface area contributed by atoms with Gasteiger partial charge in [-0.1, -0.05) is 12.2 Å². The fraction of sp³-hybridized carbons (Fsp3) is 0.273. The molecule has 0 aliphatic carbocycles. The lowest BCUT2D eigenvalue weighted by molar-refractivity contribution is 0.622. The Kier molecular flexibility index (Phi) is 4.62. The second kappa shape index (κ2) is 5.75. The molecule has 0 atom stereocenters. The van der Waals surface area contributed by atoms with Crippen molar-refractivity contribution in [2.24, 2.45) is 0 Å². The normalized spacial score (nSPS) is 10.9. The maximum Gasteiger partial charge on any atom is 0.139 e. The van der Waals surface area contributed by atoms with Crippen LogP contribution >= 0.6 is 15.9 Å². The van der Waals surface area contributed by atoms with Crippen molar-refractivity contribution in [3.05, 3.63) is 34.6 Å². The predicted molar refractivity (Wildman–Crippen MR) is 66.4 cm³/mol. The predicted octanol–water partition coefficient (Wildman–Crippen LogP) is 3.55. The van der Waals surface area contributed by atoms with Gasteiger partial charge in [-0.25, -0.2) is 4.39 Å². The van der Waals surface area contributed by atoms with E-state index < -0.39 is 0 Å². The van der Waals surface area contributed by atoms with E-state index in [1.54, 1.807) is 6.07 Å². The molecule has 0 radical (unpaired) electrons. The van der Waals surface area contributed by atoms with Gasteiger partial charge in [-0.05, 0) is 35.3 Å². The highest BCUT2D eigenvalue weighted by Crippen LogP contribution is 2.26. The Labute approximate surface area is 97.5 Å². The lowest BCUT2D eigenvalue weighted by Crippen LogP contribution is -2.04. The van der Waals surface area contributed by atoms with Crippen LogP contribution < -0.4 is 11.1 Å². The third kappa shape index (κ3) is 3.55. The van der Waals surface area contributed by atoms with E-state index in [0.29, 0.717) is 15.8 Å². The molecule has 0 unspecified atom stereocenters. The number of benzene rings is 1. The summed E-state index contributed by atoms with van der Waals surface area (Å²) in [5, 5.41) is 3.08. The minimum atomic E-state index is -0.308. The van der Waals surface area contributed by atoms with Crippen LogP contribution in [0.1, 0.15) is 13.3 Å². The average molecular weight is 273 g/mol. The first-order chi connectivity index (χ1) is 7.15. The molecule has 1 aromatic rings. The smallest absolute Gasteiger partial charge is 0.139 e. The topological polar surface area (TPSA) is 38.0 Å². The van der Waals surface area contributed by atoms with Gasteiger partial charge in [0.05, 0.1) is 15.8 Å². The molecule has 0 spiro atoms. The van der Waals surface area contributed by atoms with Crippen molar-refractivity contribution in [2.75, 3.05) is 17.6 Å². The summed E-state index contributed by atoms with van der Waals surface area (Å²) in [4.78, 5) is 0. The molecule has 0 aliphatic heterocycles. The summed E-state index contributed by atoms with van der Waals surface area (Å²) < 4.78 is 13.6. The van der Waals surface area contributed by atoms with Crippen molar-refractivity contribution >= 4 is 27.3 Å². The second-order valence-electron chi connectivity index (χ2n) is 3.14. The van der Waals surface area contributed by atoms with Crippen molar-refractivity contribution in [1.29, 1.82) is 0 Å². The molecule has 1 rings (SSSR count). The lowest BCUT2D eigenvalue weighted by atomic mass is 10.2. The van der Waals surface area contributed by atoms with Gasteiger partial charge in [0.2, 0.25) is 0 Å². The maximum atomic E-state index is 13.2. The average Bonchev–Trinajstić information content (AvgIpc) is 2.20. The van der Waals surface area contributed by atoms with Crippen LogP contribution in [-0.2, 0) is 0 Å². The van der Waals surface area contributed by atoms with E-state index in [1.807, 2.05) is 19.1 Å². The number of halogens is 2. The van der Waals surface area contributed by atoms with Gasteiger partial charge in [0.25, 0.3) is 0 Å². The van der Waals surface area contributed by atoms with E-state index in [4.69, 9.17) is 5.73 Å². The highest BCUT2D eigenvalue weighted by molar-refractivity contribution is 9.10. The zero-order chi connectivity index (χ0) is 11.3. The molecule has 2 nitrogen and oxygen atoms in total. The number of nitrogens with one attached hydrogen (secondary N) is 1. The van der Waals surface area contributed by atoms with Gasteiger partial charge < -0.3 is 11.1 Å². The standard InChI is InChI=1S/C11H14BrFN2/c1-2-3-4-5-15-11-7-9(13)8(12)6-10(11)14/h2-3,6-7,15H,4-5,14H2,1H3/b3-2+. The number of nitrogens with two attached hydrogens (primary N) is 1. The van der Waals surface area contributed by atoms with Gasteiger partial charge in [-0.2, -0.15) is 0 Å². The maximum absolute atomic E-state index is 13.2. The van der Waals surface area contributed by atoms with Crippen LogP contribution in [0.3, 0.4) is 0 Å². The molecule has 0 bridgehead atoms. The Morgan fingerprint density at radius 3 is 2.93 bits per heavy atom. The Morgan fingerprint density at radius 2 is 2.27 bits per heavy atom. The van der Waals surface area contributed by atoms with Gasteiger partial charge in [-0.15, -0.1) is 0 Å². The van der Waals surface area contributed by atoms with Gasteiger partial charge in [-0.3, -0.25) is 0 Å². The summed E-state index contributed by atoms with van der Waals surface area (Å²) in [6.45, 7) is 2.71. The summed E-state index contributed by atoms with van der Waals surface area (Å²) >= 11 is 3.08. The molecule has 0 amide bonds. The first kappa shape index (κ1) is 12.0. The highest BCUT2D eigenvalue weighted by atomic mass is 79.9. The molecule has 3 N–H and O–H groups in total. The third-order valence-corrected chi connectivity index (χ3v) is 2.56. The van der Waals surface area contributed by atoms with Crippen LogP contribution in [0.5, 0.6) is 0 Å². The van der Waals surface area contributed by atoms with E-state index in [1.165, 1.54) is 6.07 Å². The van der Waals surface area contributed by atoms with Crippen molar-refractivity contribution in [3.8, 4) is 0 Å². The lowest BCUT2D eigenvalue weighted by Gasteiger charge is -2.09. The molecular weight excluding hydrogens is 259 g/mol. The summed E-state index contributed by atoms with van der Waals surface area (Å²) in [5.74, 6) is -0.308. The van der Waals surface area contributed by atoms with Crippen LogP contribution in [-0.4, -0.2) is 6.54 Å². The second-order valence-corrected chi connectivity index (χ2v) is 3.99. The van der Waals surface area contributed by atoms with E-state index in [9.17, 15) is 4.39 Å². The number of allylic oxidation sites excluding steroid dienone is 1. The summed E-state index contributed by atoms with van der Waals surface area (Å²) in [7, 11) is 0. The summed E-state index contributed by atoms with van der Waals surface area (Å²) in [6, 6.07) is 2.96. The van der Waals surface area contributed by atoms with Crippen LogP contribution in [0.4, 0.5) is 15.8 Å². The number of rotatable bonds is 4. The quantitative estimate of drug-likeness (QED) is 0.500. The number of anilines is 2.